The van der Waals surface area contributed by atoms with E-state index < -0.39 is 17.7 Å². The molecule has 3 rings (SSSR count). The minimum Gasteiger partial charge on any atom is -0.493 e. The molecule has 3 aromatic rings. The van der Waals surface area contributed by atoms with Crippen molar-refractivity contribution in [3.05, 3.63) is 82.3 Å². The van der Waals surface area contributed by atoms with Crippen molar-refractivity contribution in [2.75, 3.05) is 24.4 Å². The van der Waals surface area contributed by atoms with Crippen molar-refractivity contribution in [3.63, 3.8) is 0 Å². The minimum absolute atomic E-state index is 0.271. The predicted molar refractivity (Wildman–Crippen MR) is 134 cm³/mol. The Morgan fingerprint density at radius 3 is 2.46 bits per heavy atom. The van der Waals surface area contributed by atoms with E-state index in [0.717, 1.165) is 0 Å². The van der Waals surface area contributed by atoms with Crippen molar-refractivity contribution in [1.29, 1.82) is 0 Å². The Morgan fingerprint density at radius 2 is 1.71 bits per heavy atom. The van der Waals surface area contributed by atoms with Crippen LogP contribution in [0, 0.1) is 0 Å². The van der Waals surface area contributed by atoms with E-state index in [1.807, 2.05) is 0 Å². The maximum Gasteiger partial charge on any atom is 0.329 e. The van der Waals surface area contributed by atoms with Crippen LogP contribution in [0.25, 0.3) is 0 Å². The first kappa shape index (κ1) is 25.5. The Hall–Kier alpha value is -4.08. The summed E-state index contributed by atoms with van der Waals surface area (Å²) in [5, 5.41) is 9.67. The van der Waals surface area contributed by atoms with Crippen molar-refractivity contribution in [2.45, 2.75) is 0 Å². The number of carbonyl (C=O) groups excluding carboxylic acids is 3. The number of nitrogens with one attached hydrogen (secondary N) is 3. The topological polar surface area (TPSA) is 118 Å². The van der Waals surface area contributed by atoms with Gasteiger partial charge >= 0.3 is 11.8 Å². The molecule has 0 spiro atoms. The van der Waals surface area contributed by atoms with E-state index >= 15 is 0 Å². The number of benzene rings is 3. The second kappa shape index (κ2) is 12.4. The molecular weight excluding hydrogens is 495 g/mol. The number of hydrazone groups is 1. The summed E-state index contributed by atoms with van der Waals surface area (Å²) >= 11 is 11.9. The van der Waals surface area contributed by atoms with Crippen molar-refractivity contribution < 1.29 is 23.9 Å². The number of halogens is 2. The second-order valence-corrected chi connectivity index (χ2v) is 7.73. The van der Waals surface area contributed by atoms with E-state index in [1.54, 1.807) is 60.7 Å². The SMILES string of the molecule is COc1cc(/C=N\NC(=O)C(=O)Nc2cccc(Cl)c2)ccc1OCC(=O)Nc1ccccc1Cl. The highest BCUT2D eigenvalue weighted by atomic mass is 35.5. The molecule has 3 N–H and O–H groups in total. The van der Waals surface area contributed by atoms with Gasteiger partial charge in [0.05, 0.1) is 24.0 Å². The van der Waals surface area contributed by atoms with Crippen LogP contribution in [0.5, 0.6) is 11.5 Å². The van der Waals surface area contributed by atoms with E-state index in [1.165, 1.54) is 19.4 Å². The fourth-order valence-corrected chi connectivity index (χ4v) is 3.12. The lowest BCUT2D eigenvalue weighted by atomic mass is 10.2. The van der Waals surface area contributed by atoms with Crippen LogP contribution in [0.2, 0.25) is 10.0 Å². The summed E-state index contributed by atoms with van der Waals surface area (Å²) in [6.07, 6.45) is 1.32. The van der Waals surface area contributed by atoms with Gasteiger partial charge in [0.2, 0.25) is 0 Å². The molecule has 3 aromatic carbocycles. The highest BCUT2D eigenvalue weighted by Gasteiger charge is 2.13. The average Bonchev–Trinajstić information content (AvgIpc) is 2.84. The first-order valence-electron chi connectivity index (χ1n) is 10.1. The summed E-state index contributed by atoms with van der Waals surface area (Å²) in [7, 11) is 1.44. The lowest BCUT2D eigenvalue weighted by Gasteiger charge is -2.12. The number of amides is 3. The van der Waals surface area contributed by atoms with Gasteiger partial charge in [-0.2, -0.15) is 5.10 Å². The molecule has 0 aromatic heterocycles. The smallest absolute Gasteiger partial charge is 0.329 e. The zero-order chi connectivity index (χ0) is 25.2. The van der Waals surface area contributed by atoms with Crippen molar-refractivity contribution in [1.82, 2.24) is 5.43 Å². The zero-order valence-corrected chi connectivity index (χ0v) is 19.9. The van der Waals surface area contributed by atoms with Gasteiger partial charge in [0.1, 0.15) is 0 Å². The summed E-state index contributed by atoms with van der Waals surface area (Å²) in [5.74, 6) is -1.60. The molecule has 180 valence electrons. The molecule has 0 radical (unpaired) electrons. The number of hydrogen-bond donors (Lipinski definition) is 3. The minimum atomic E-state index is -0.960. The van der Waals surface area contributed by atoms with Gasteiger partial charge in [-0.25, -0.2) is 5.43 Å². The molecule has 0 aliphatic carbocycles. The van der Waals surface area contributed by atoms with E-state index in [-0.39, 0.29) is 6.61 Å². The van der Waals surface area contributed by atoms with Crippen LogP contribution >= 0.6 is 23.2 Å². The van der Waals surface area contributed by atoms with Crippen LogP contribution in [-0.4, -0.2) is 37.7 Å². The van der Waals surface area contributed by atoms with Crippen LogP contribution in [0.1, 0.15) is 5.56 Å². The Balaban J connectivity index is 1.53. The summed E-state index contributed by atoms with van der Waals surface area (Å²) in [6.45, 7) is -0.271. The third-order valence-electron chi connectivity index (χ3n) is 4.36. The van der Waals surface area contributed by atoms with E-state index in [4.69, 9.17) is 32.7 Å². The van der Waals surface area contributed by atoms with Crippen LogP contribution in [-0.2, 0) is 14.4 Å². The molecule has 0 fully saturated rings. The number of ether oxygens (including phenoxy) is 2. The number of para-hydroxylation sites is 1. The van der Waals surface area contributed by atoms with Crippen LogP contribution in [0.4, 0.5) is 11.4 Å². The largest absolute Gasteiger partial charge is 0.493 e. The van der Waals surface area contributed by atoms with E-state index in [2.05, 4.69) is 21.2 Å². The van der Waals surface area contributed by atoms with Gasteiger partial charge in [-0.05, 0) is 54.1 Å². The zero-order valence-electron chi connectivity index (χ0n) is 18.4. The van der Waals surface area contributed by atoms with Crippen LogP contribution < -0.4 is 25.5 Å². The molecule has 0 heterocycles. The normalized spacial score (nSPS) is 10.5. The van der Waals surface area contributed by atoms with E-state index in [9.17, 15) is 14.4 Å². The summed E-state index contributed by atoms with van der Waals surface area (Å²) in [4.78, 5) is 36.1. The molecular formula is C24H20Cl2N4O5. The molecule has 0 aliphatic heterocycles. The first-order valence-corrected chi connectivity index (χ1v) is 10.9. The fourth-order valence-electron chi connectivity index (χ4n) is 2.75. The van der Waals surface area contributed by atoms with Gasteiger partial charge in [-0.3, -0.25) is 14.4 Å². The molecule has 0 saturated heterocycles. The maximum absolute atomic E-state index is 12.2. The summed E-state index contributed by atoms with van der Waals surface area (Å²) in [6, 6.07) is 18.0. The van der Waals surface area contributed by atoms with Gasteiger partial charge < -0.3 is 20.1 Å². The number of carbonyl (C=O) groups is 3. The quantitative estimate of drug-likeness (QED) is 0.237. The molecule has 11 heteroatoms. The number of methoxy groups -OCH3 is 1. The van der Waals surface area contributed by atoms with Gasteiger partial charge in [-0.1, -0.05) is 41.4 Å². The number of hydrogen-bond acceptors (Lipinski definition) is 6. The highest BCUT2D eigenvalue weighted by molar-refractivity contribution is 6.39. The van der Waals surface area contributed by atoms with Crippen molar-refractivity contribution in [2.24, 2.45) is 5.10 Å². The molecule has 0 atom stereocenters. The van der Waals surface area contributed by atoms with Crippen LogP contribution in [0.3, 0.4) is 0 Å². The van der Waals surface area contributed by atoms with Crippen molar-refractivity contribution in [3.8, 4) is 11.5 Å². The molecule has 0 aliphatic rings. The Bertz CT molecular complexity index is 1270. The lowest BCUT2D eigenvalue weighted by Crippen LogP contribution is -2.32. The fraction of sp³-hybridized carbons (Fsp3) is 0.0833. The third-order valence-corrected chi connectivity index (χ3v) is 4.93. The number of nitrogens with zero attached hydrogens (tertiary/aromatic N) is 1. The monoisotopic (exact) mass is 514 g/mol. The van der Waals surface area contributed by atoms with Gasteiger partial charge in [0, 0.05) is 10.7 Å². The van der Waals surface area contributed by atoms with Gasteiger partial charge in [-0.15, -0.1) is 0 Å². The molecule has 35 heavy (non-hydrogen) atoms. The Labute approximate surface area is 211 Å². The number of anilines is 2. The average molecular weight is 515 g/mol. The van der Waals surface area contributed by atoms with E-state index in [0.29, 0.717) is 38.5 Å². The third kappa shape index (κ3) is 7.73. The molecule has 3 amide bonds. The Morgan fingerprint density at radius 1 is 0.914 bits per heavy atom. The molecule has 0 bridgehead atoms. The van der Waals surface area contributed by atoms with Gasteiger partial charge in [0.15, 0.2) is 18.1 Å². The number of rotatable bonds is 8. The van der Waals surface area contributed by atoms with Gasteiger partial charge in [0.25, 0.3) is 5.91 Å². The Kier molecular flexibility index (Phi) is 9.05. The highest BCUT2D eigenvalue weighted by Crippen LogP contribution is 2.28. The lowest BCUT2D eigenvalue weighted by molar-refractivity contribution is -0.136. The molecule has 0 unspecified atom stereocenters. The predicted octanol–water partition coefficient (Wildman–Crippen LogP) is 4.11. The summed E-state index contributed by atoms with van der Waals surface area (Å²) < 4.78 is 10.8. The van der Waals surface area contributed by atoms with Crippen molar-refractivity contribution >= 4 is 58.5 Å². The second-order valence-electron chi connectivity index (χ2n) is 6.89. The molecule has 0 saturated carbocycles. The van der Waals surface area contributed by atoms with Crippen LogP contribution in [0.15, 0.2) is 71.8 Å². The first-order chi connectivity index (χ1) is 16.9. The standard InChI is InChI=1S/C24H20Cl2N4O5/c1-34-21-11-15(13-27-30-24(33)23(32)28-17-6-4-5-16(25)12-17)9-10-20(21)35-14-22(31)29-19-8-3-2-7-18(19)26/h2-13H,14H2,1H3,(H,28,32)(H,29,31)(H,30,33)/b27-13-. The molecule has 9 nitrogen and oxygen atoms in total. The summed E-state index contributed by atoms with van der Waals surface area (Å²) in [5.41, 5.74) is 3.54. The maximum atomic E-state index is 12.2.